The average molecular weight is 653 g/mol. The summed E-state index contributed by atoms with van der Waals surface area (Å²) in [6.07, 6.45) is 0. The molecule has 51 heavy (non-hydrogen) atoms. The number of anilines is 2. The number of hydrogen-bond donors (Lipinski definition) is 1. The molecule has 10 aromatic rings. The van der Waals surface area contributed by atoms with Gasteiger partial charge in [0, 0.05) is 38.8 Å². The maximum Gasteiger partial charge on any atom is 0.145 e. The molecule has 3 heteroatoms. The second kappa shape index (κ2) is 11.9. The van der Waals surface area contributed by atoms with Crippen molar-refractivity contribution in [3.63, 3.8) is 0 Å². The predicted molar refractivity (Wildman–Crippen MR) is 214 cm³/mol. The summed E-state index contributed by atoms with van der Waals surface area (Å²) < 4.78 is 9.06. The highest BCUT2D eigenvalue weighted by atomic mass is 16.3. The molecule has 0 spiro atoms. The lowest BCUT2D eigenvalue weighted by Gasteiger charge is -2.14. The van der Waals surface area contributed by atoms with Crippen LogP contribution in [0.2, 0.25) is 0 Å². The standard InChI is InChI=1S/C48H32N2O/c1-3-13-32(14-4-1)34-16-12-20-38(30-34)50-44-27-25-35(31-42(44)47-45(50)28-26-41-40-22-8-10-24-46(40)51-48(41)47)33-15-11-17-36(29-33)39-21-7-9-23-43(39)49-37-18-5-2-6-19-37/h1-31,49H. The van der Waals surface area contributed by atoms with E-state index < -0.39 is 0 Å². The fourth-order valence-electron chi connectivity index (χ4n) is 7.59. The van der Waals surface area contributed by atoms with Crippen LogP contribution in [0.5, 0.6) is 0 Å². The topological polar surface area (TPSA) is 30.1 Å². The van der Waals surface area contributed by atoms with Crippen molar-refractivity contribution in [2.75, 3.05) is 5.32 Å². The van der Waals surface area contributed by atoms with Gasteiger partial charge >= 0.3 is 0 Å². The molecule has 240 valence electrons. The van der Waals surface area contributed by atoms with Crippen LogP contribution in [0.1, 0.15) is 0 Å². The van der Waals surface area contributed by atoms with Gasteiger partial charge in [0.2, 0.25) is 0 Å². The van der Waals surface area contributed by atoms with Crippen LogP contribution in [0.15, 0.2) is 192 Å². The van der Waals surface area contributed by atoms with E-state index in [9.17, 15) is 0 Å². The van der Waals surface area contributed by atoms with Gasteiger partial charge in [0.25, 0.3) is 0 Å². The third-order valence-corrected chi connectivity index (χ3v) is 9.97. The van der Waals surface area contributed by atoms with Gasteiger partial charge in [0.05, 0.1) is 16.4 Å². The van der Waals surface area contributed by atoms with Crippen LogP contribution in [-0.4, -0.2) is 4.57 Å². The summed E-state index contributed by atoms with van der Waals surface area (Å²) in [5.74, 6) is 0. The van der Waals surface area contributed by atoms with Gasteiger partial charge in [-0.1, -0.05) is 121 Å². The molecule has 0 fully saturated rings. The summed E-state index contributed by atoms with van der Waals surface area (Å²) in [6, 6.07) is 66.8. The van der Waals surface area contributed by atoms with Gasteiger partial charge in [-0.3, -0.25) is 0 Å². The second-order valence-corrected chi connectivity index (χ2v) is 13.0. The molecule has 1 N–H and O–H groups in total. The van der Waals surface area contributed by atoms with Crippen LogP contribution in [0, 0.1) is 0 Å². The smallest absolute Gasteiger partial charge is 0.145 e. The highest BCUT2D eigenvalue weighted by molar-refractivity contribution is 6.24. The Balaban J connectivity index is 1.17. The van der Waals surface area contributed by atoms with Crippen LogP contribution in [-0.2, 0) is 0 Å². The molecule has 10 rings (SSSR count). The van der Waals surface area contributed by atoms with Crippen molar-refractivity contribution in [3.05, 3.63) is 188 Å². The third-order valence-electron chi connectivity index (χ3n) is 9.97. The first-order chi connectivity index (χ1) is 25.3. The number of fused-ring (bicyclic) bond motifs is 7. The molecule has 0 saturated heterocycles. The molecular formula is C48H32N2O. The Bertz CT molecular complexity index is 2880. The van der Waals surface area contributed by atoms with Crippen molar-refractivity contribution >= 4 is 55.1 Å². The summed E-state index contributed by atoms with van der Waals surface area (Å²) in [7, 11) is 0. The molecule has 0 amide bonds. The highest BCUT2D eigenvalue weighted by Crippen LogP contribution is 2.42. The van der Waals surface area contributed by atoms with Crippen LogP contribution in [0.3, 0.4) is 0 Å². The molecule has 0 radical (unpaired) electrons. The summed E-state index contributed by atoms with van der Waals surface area (Å²) in [4.78, 5) is 0. The van der Waals surface area contributed by atoms with E-state index in [4.69, 9.17) is 4.42 Å². The van der Waals surface area contributed by atoms with E-state index in [-0.39, 0.29) is 0 Å². The molecule has 0 bridgehead atoms. The molecule has 0 saturated carbocycles. The van der Waals surface area contributed by atoms with Gasteiger partial charge < -0.3 is 14.3 Å². The monoisotopic (exact) mass is 652 g/mol. The number of furan rings is 1. The van der Waals surface area contributed by atoms with Crippen molar-refractivity contribution < 1.29 is 4.42 Å². The molecule has 0 aliphatic rings. The fourth-order valence-corrected chi connectivity index (χ4v) is 7.59. The summed E-state index contributed by atoms with van der Waals surface area (Å²) in [5.41, 5.74) is 14.3. The molecule has 0 atom stereocenters. The first-order valence-electron chi connectivity index (χ1n) is 17.3. The highest BCUT2D eigenvalue weighted by Gasteiger charge is 2.20. The fraction of sp³-hybridized carbons (Fsp3) is 0. The van der Waals surface area contributed by atoms with Crippen molar-refractivity contribution in [2.45, 2.75) is 0 Å². The van der Waals surface area contributed by atoms with Gasteiger partial charge in [0.15, 0.2) is 0 Å². The number of rotatable bonds is 6. The second-order valence-electron chi connectivity index (χ2n) is 13.0. The van der Waals surface area contributed by atoms with E-state index in [0.717, 1.165) is 83.1 Å². The zero-order valence-electron chi connectivity index (χ0n) is 27.8. The number of nitrogens with zero attached hydrogens (tertiary/aromatic N) is 1. The maximum absolute atomic E-state index is 6.68. The molecule has 0 unspecified atom stereocenters. The Morgan fingerprint density at radius 2 is 1.08 bits per heavy atom. The lowest BCUT2D eigenvalue weighted by molar-refractivity contribution is 0.673. The molecule has 0 aliphatic carbocycles. The number of nitrogens with one attached hydrogen (secondary N) is 1. The summed E-state index contributed by atoms with van der Waals surface area (Å²) in [5, 5.41) is 8.17. The van der Waals surface area contributed by atoms with Crippen LogP contribution >= 0.6 is 0 Å². The number of hydrogen-bond acceptors (Lipinski definition) is 2. The molecule has 8 aromatic carbocycles. The van der Waals surface area contributed by atoms with Crippen LogP contribution in [0.4, 0.5) is 11.4 Å². The maximum atomic E-state index is 6.68. The Hall–Kier alpha value is -6.84. The normalized spacial score (nSPS) is 11.5. The molecule has 2 aromatic heterocycles. The van der Waals surface area contributed by atoms with E-state index in [1.807, 2.05) is 12.1 Å². The first kappa shape index (κ1) is 29.1. The van der Waals surface area contributed by atoms with Crippen LogP contribution < -0.4 is 5.32 Å². The first-order valence-corrected chi connectivity index (χ1v) is 17.3. The van der Waals surface area contributed by atoms with Gasteiger partial charge in [-0.2, -0.15) is 0 Å². The lowest BCUT2D eigenvalue weighted by Crippen LogP contribution is -1.94. The van der Waals surface area contributed by atoms with Gasteiger partial charge in [-0.15, -0.1) is 0 Å². The predicted octanol–water partition coefficient (Wildman–Crippen LogP) is 13.4. The minimum absolute atomic E-state index is 0.901. The Morgan fingerprint density at radius 1 is 0.412 bits per heavy atom. The van der Waals surface area contributed by atoms with Crippen molar-refractivity contribution in [2.24, 2.45) is 0 Å². The Morgan fingerprint density at radius 3 is 1.96 bits per heavy atom. The number of aromatic nitrogens is 1. The van der Waals surface area contributed by atoms with Crippen molar-refractivity contribution in [3.8, 4) is 39.1 Å². The van der Waals surface area contributed by atoms with E-state index in [1.165, 1.54) is 11.1 Å². The molecule has 3 nitrogen and oxygen atoms in total. The van der Waals surface area contributed by atoms with Gasteiger partial charge in [-0.25, -0.2) is 0 Å². The van der Waals surface area contributed by atoms with E-state index in [1.54, 1.807) is 0 Å². The van der Waals surface area contributed by atoms with E-state index in [2.05, 4.69) is 186 Å². The van der Waals surface area contributed by atoms with Crippen LogP contribution in [0.25, 0.3) is 82.8 Å². The largest absolute Gasteiger partial charge is 0.455 e. The zero-order chi connectivity index (χ0) is 33.7. The molecule has 2 heterocycles. The van der Waals surface area contributed by atoms with E-state index >= 15 is 0 Å². The zero-order valence-corrected chi connectivity index (χ0v) is 27.8. The average Bonchev–Trinajstić information content (AvgIpc) is 3.74. The van der Waals surface area contributed by atoms with Crippen molar-refractivity contribution in [1.82, 2.24) is 4.57 Å². The number of para-hydroxylation sites is 3. The van der Waals surface area contributed by atoms with Gasteiger partial charge in [0.1, 0.15) is 11.2 Å². The third kappa shape index (κ3) is 4.98. The summed E-state index contributed by atoms with van der Waals surface area (Å²) in [6.45, 7) is 0. The lowest BCUT2D eigenvalue weighted by atomic mass is 9.97. The number of benzene rings is 8. The van der Waals surface area contributed by atoms with E-state index in [0.29, 0.717) is 0 Å². The Labute approximate surface area is 295 Å². The molecular weight excluding hydrogens is 621 g/mol. The minimum Gasteiger partial charge on any atom is -0.455 e. The SMILES string of the molecule is c1ccc(Nc2ccccc2-c2cccc(-c3ccc4c(c3)c3c5oc6ccccc6c5ccc3n4-c3cccc(-c4ccccc4)c3)c2)cc1. The Kier molecular flexibility index (Phi) is 6.81. The van der Waals surface area contributed by atoms with Crippen molar-refractivity contribution in [1.29, 1.82) is 0 Å². The van der Waals surface area contributed by atoms with Gasteiger partial charge in [-0.05, 0) is 94.5 Å². The quantitative estimate of drug-likeness (QED) is 0.194. The minimum atomic E-state index is 0.901. The summed E-state index contributed by atoms with van der Waals surface area (Å²) >= 11 is 0. The molecule has 0 aliphatic heterocycles.